The van der Waals surface area contributed by atoms with Crippen molar-refractivity contribution in [1.82, 2.24) is 0 Å². The molecule has 1 fully saturated rings. The summed E-state index contributed by atoms with van der Waals surface area (Å²) in [6.07, 6.45) is 2.91. The van der Waals surface area contributed by atoms with Crippen molar-refractivity contribution >= 4 is 17.4 Å². The van der Waals surface area contributed by atoms with Gasteiger partial charge in [-0.1, -0.05) is 11.6 Å². The van der Waals surface area contributed by atoms with Crippen LogP contribution in [0.4, 0.5) is 0 Å². The van der Waals surface area contributed by atoms with Gasteiger partial charge in [-0.2, -0.15) is 0 Å². The molecule has 1 aromatic carbocycles. The van der Waals surface area contributed by atoms with Gasteiger partial charge < -0.3 is 9.47 Å². The van der Waals surface area contributed by atoms with Crippen LogP contribution >= 0.6 is 11.6 Å². The van der Waals surface area contributed by atoms with E-state index in [2.05, 4.69) is 0 Å². The first kappa shape index (κ1) is 14.4. The maximum Gasteiger partial charge on any atom is 0.163 e. The van der Waals surface area contributed by atoms with E-state index < -0.39 is 0 Å². The first-order valence-corrected chi connectivity index (χ1v) is 7.00. The summed E-state index contributed by atoms with van der Waals surface area (Å²) in [7, 11) is 1.55. The van der Waals surface area contributed by atoms with Gasteiger partial charge in [0.25, 0.3) is 0 Å². The SMILES string of the molecule is CCOC1CC(CC(=O)c2ccc(Cl)c(OC)c2)C1. The molecule has 0 heterocycles. The van der Waals surface area contributed by atoms with Gasteiger partial charge in [0.1, 0.15) is 5.75 Å². The highest BCUT2D eigenvalue weighted by Gasteiger charge is 2.31. The van der Waals surface area contributed by atoms with E-state index in [1.54, 1.807) is 25.3 Å². The highest BCUT2D eigenvalue weighted by molar-refractivity contribution is 6.32. The average molecular weight is 283 g/mol. The zero-order valence-electron chi connectivity index (χ0n) is 11.3. The Kier molecular flexibility index (Phi) is 4.83. The molecule has 0 spiro atoms. The van der Waals surface area contributed by atoms with Crippen molar-refractivity contribution in [2.45, 2.75) is 32.3 Å². The predicted octanol–water partition coefficient (Wildman–Crippen LogP) is 3.74. The largest absolute Gasteiger partial charge is 0.495 e. The number of carbonyl (C=O) groups is 1. The maximum absolute atomic E-state index is 12.2. The lowest BCUT2D eigenvalue weighted by molar-refractivity contribution is -0.0246. The highest BCUT2D eigenvalue weighted by atomic mass is 35.5. The molecule has 0 atom stereocenters. The minimum Gasteiger partial charge on any atom is -0.495 e. The minimum absolute atomic E-state index is 0.148. The molecule has 19 heavy (non-hydrogen) atoms. The number of carbonyl (C=O) groups excluding carboxylic acids is 1. The molecule has 0 aromatic heterocycles. The van der Waals surface area contributed by atoms with Crippen LogP contribution in [-0.2, 0) is 4.74 Å². The zero-order valence-corrected chi connectivity index (χ0v) is 12.1. The van der Waals surface area contributed by atoms with Gasteiger partial charge >= 0.3 is 0 Å². The molecule has 104 valence electrons. The normalized spacial score (nSPS) is 21.8. The molecule has 4 heteroatoms. The van der Waals surface area contributed by atoms with Crippen molar-refractivity contribution in [3.05, 3.63) is 28.8 Å². The quantitative estimate of drug-likeness (QED) is 0.746. The highest BCUT2D eigenvalue weighted by Crippen LogP contribution is 2.34. The van der Waals surface area contributed by atoms with Gasteiger partial charge in [-0.25, -0.2) is 0 Å². The molecule has 1 aromatic rings. The Labute approximate surface area is 118 Å². The fourth-order valence-electron chi connectivity index (χ4n) is 2.43. The Morgan fingerprint density at radius 2 is 2.16 bits per heavy atom. The van der Waals surface area contributed by atoms with Crippen LogP contribution in [0.1, 0.15) is 36.5 Å². The van der Waals surface area contributed by atoms with Gasteiger partial charge in [-0.15, -0.1) is 0 Å². The van der Waals surface area contributed by atoms with Gasteiger partial charge in [0.05, 0.1) is 18.2 Å². The van der Waals surface area contributed by atoms with Crippen LogP contribution in [0.25, 0.3) is 0 Å². The van der Waals surface area contributed by atoms with Crippen molar-refractivity contribution in [3.63, 3.8) is 0 Å². The van der Waals surface area contributed by atoms with Crippen molar-refractivity contribution in [2.75, 3.05) is 13.7 Å². The van der Waals surface area contributed by atoms with E-state index in [4.69, 9.17) is 21.1 Å². The second-order valence-corrected chi connectivity index (χ2v) is 5.30. The summed E-state index contributed by atoms with van der Waals surface area (Å²) in [5, 5.41) is 0.527. The molecule has 0 amide bonds. The van der Waals surface area contributed by atoms with Gasteiger partial charge in [-0.3, -0.25) is 4.79 Å². The monoisotopic (exact) mass is 282 g/mol. The summed E-state index contributed by atoms with van der Waals surface area (Å²) in [5.41, 5.74) is 0.668. The van der Waals surface area contributed by atoms with E-state index >= 15 is 0 Å². The van der Waals surface area contributed by atoms with E-state index in [-0.39, 0.29) is 5.78 Å². The molecule has 2 rings (SSSR count). The van der Waals surface area contributed by atoms with Crippen molar-refractivity contribution in [2.24, 2.45) is 5.92 Å². The summed E-state index contributed by atoms with van der Waals surface area (Å²) < 4.78 is 10.6. The lowest BCUT2D eigenvalue weighted by atomic mass is 9.78. The first-order chi connectivity index (χ1) is 9.13. The lowest BCUT2D eigenvalue weighted by Crippen LogP contribution is -2.32. The first-order valence-electron chi connectivity index (χ1n) is 6.62. The summed E-state index contributed by atoms with van der Waals surface area (Å²) in [6, 6.07) is 5.17. The number of rotatable bonds is 6. The smallest absolute Gasteiger partial charge is 0.163 e. The number of ether oxygens (including phenoxy) is 2. The summed E-state index contributed by atoms with van der Waals surface area (Å²) >= 11 is 5.95. The number of methoxy groups -OCH3 is 1. The Morgan fingerprint density at radius 3 is 2.79 bits per heavy atom. The molecule has 0 N–H and O–H groups in total. The molecular formula is C15H19ClO3. The maximum atomic E-state index is 12.2. The third kappa shape index (κ3) is 3.48. The molecule has 0 aliphatic heterocycles. The summed E-state index contributed by atoms with van der Waals surface area (Å²) in [5.74, 6) is 1.15. The van der Waals surface area contributed by atoms with Gasteiger partial charge in [0.2, 0.25) is 0 Å². The topological polar surface area (TPSA) is 35.5 Å². The number of hydrogen-bond acceptors (Lipinski definition) is 3. The number of benzene rings is 1. The van der Waals surface area contributed by atoms with Crippen LogP contribution in [0.2, 0.25) is 5.02 Å². The standard InChI is InChI=1S/C15H19ClO3/c1-3-19-12-6-10(7-12)8-14(17)11-4-5-13(16)15(9-11)18-2/h4-5,9-10,12H,3,6-8H2,1-2H3. The van der Waals surface area contributed by atoms with E-state index in [0.29, 0.717) is 34.8 Å². The van der Waals surface area contributed by atoms with Crippen LogP contribution in [0.15, 0.2) is 18.2 Å². The third-order valence-corrected chi connectivity index (χ3v) is 3.85. The molecule has 0 saturated heterocycles. The Hall–Kier alpha value is -1.06. The Morgan fingerprint density at radius 1 is 1.42 bits per heavy atom. The summed E-state index contributed by atoms with van der Waals surface area (Å²) in [6.45, 7) is 2.75. The van der Waals surface area contributed by atoms with Crippen molar-refractivity contribution in [3.8, 4) is 5.75 Å². The lowest BCUT2D eigenvalue weighted by Gasteiger charge is -2.34. The van der Waals surface area contributed by atoms with E-state index in [9.17, 15) is 4.79 Å². The number of Topliss-reactive ketones (excluding diaryl/α,β-unsaturated/α-hetero) is 1. The van der Waals surface area contributed by atoms with Gasteiger partial charge in [-0.05, 0) is 43.9 Å². The van der Waals surface area contributed by atoms with E-state index in [1.165, 1.54) is 0 Å². The van der Waals surface area contributed by atoms with E-state index in [1.807, 2.05) is 6.92 Å². The van der Waals surface area contributed by atoms with Crippen LogP contribution < -0.4 is 4.74 Å². The van der Waals surface area contributed by atoms with E-state index in [0.717, 1.165) is 19.4 Å². The van der Waals surface area contributed by atoms with Crippen molar-refractivity contribution in [1.29, 1.82) is 0 Å². The molecule has 0 radical (unpaired) electrons. The third-order valence-electron chi connectivity index (χ3n) is 3.54. The molecule has 0 unspecified atom stereocenters. The van der Waals surface area contributed by atoms with Crippen LogP contribution in [-0.4, -0.2) is 25.6 Å². The second-order valence-electron chi connectivity index (χ2n) is 4.89. The molecule has 1 saturated carbocycles. The average Bonchev–Trinajstić information content (AvgIpc) is 2.36. The Balaban J connectivity index is 1.90. The zero-order chi connectivity index (χ0) is 13.8. The van der Waals surface area contributed by atoms with Crippen LogP contribution in [0.5, 0.6) is 5.75 Å². The number of halogens is 1. The van der Waals surface area contributed by atoms with Gasteiger partial charge in [0.15, 0.2) is 5.78 Å². The Bertz CT molecular complexity index is 453. The number of ketones is 1. The molecule has 3 nitrogen and oxygen atoms in total. The van der Waals surface area contributed by atoms with Crippen LogP contribution in [0.3, 0.4) is 0 Å². The predicted molar refractivity (Wildman–Crippen MR) is 75.1 cm³/mol. The minimum atomic E-state index is 0.148. The fraction of sp³-hybridized carbons (Fsp3) is 0.533. The van der Waals surface area contributed by atoms with Crippen LogP contribution in [0, 0.1) is 5.92 Å². The van der Waals surface area contributed by atoms with Gasteiger partial charge in [0, 0.05) is 18.6 Å². The molecule has 1 aliphatic rings. The molecular weight excluding hydrogens is 264 g/mol. The second kappa shape index (κ2) is 6.40. The fourth-order valence-corrected chi connectivity index (χ4v) is 2.62. The molecule has 0 bridgehead atoms. The molecule has 1 aliphatic carbocycles. The van der Waals surface area contributed by atoms with Crippen molar-refractivity contribution < 1.29 is 14.3 Å². The number of hydrogen-bond donors (Lipinski definition) is 0. The summed E-state index contributed by atoms with van der Waals surface area (Å²) in [4.78, 5) is 12.2.